The normalized spacial score (nSPS) is 19.2. The number of halogens is 3. The number of methoxy groups -OCH3 is 2. The summed E-state index contributed by atoms with van der Waals surface area (Å²) in [7, 11) is 8.77. The molecule has 2 atom stereocenters. The van der Waals surface area contributed by atoms with Crippen molar-refractivity contribution >= 4 is 11.6 Å². The second-order valence-corrected chi connectivity index (χ2v) is 11.7. The molecule has 0 saturated carbocycles. The molecule has 0 saturated heterocycles. The fourth-order valence-corrected chi connectivity index (χ4v) is 5.09. The van der Waals surface area contributed by atoms with Crippen LogP contribution in [0.1, 0.15) is 33.6 Å². The number of allylic oxidation sites excluding steroid dienone is 5. The van der Waals surface area contributed by atoms with Crippen LogP contribution >= 0.6 is 0 Å². The molecule has 12 heteroatoms. The zero-order chi connectivity index (χ0) is 34.4. The number of nitrogens with one attached hydrogen (secondary N) is 3. The first-order chi connectivity index (χ1) is 21.7. The molecule has 0 aliphatic carbocycles. The van der Waals surface area contributed by atoms with Gasteiger partial charge in [0, 0.05) is 65.2 Å². The Morgan fingerprint density at radius 3 is 2.59 bits per heavy atom. The largest absolute Gasteiger partial charge is 0.383 e. The van der Waals surface area contributed by atoms with Gasteiger partial charge in [0.05, 0.1) is 36.1 Å². The van der Waals surface area contributed by atoms with Crippen molar-refractivity contribution in [3.63, 3.8) is 0 Å². The van der Waals surface area contributed by atoms with Crippen molar-refractivity contribution in [1.82, 2.24) is 25.8 Å². The maximum atomic E-state index is 15.4. The minimum Gasteiger partial charge on any atom is -0.383 e. The maximum Gasteiger partial charge on any atom is 0.273 e. The third-order valence-corrected chi connectivity index (χ3v) is 7.45. The Morgan fingerprint density at radius 2 is 2.02 bits per heavy atom. The summed E-state index contributed by atoms with van der Waals surface area (Å²) < 4.78 is 55.1. The Morgan fingerprint density at radius 1 is 1.30 bits per heavy atom. The fourth-order valence-electron chi connectivity index (χ4n) is 5.09. The van der Waals surface area contributed by atoms with E-state index in [9.17, 15) is 13.6 Å². The number of hydrogen-bond donors (Lipinski definition) is 3. The van der Waals surface area contributed by atoms with Crippen molar-refractivity contribution in [3.05, 3.63) is 82.5 Å². The van der Waals surface area contributed by atoms with Gasteiger partial charge in [-0.25, -0.2) is 18.2 Å². The molecule has 2 heterocycles. The van der Waals surface area contributed by atoms with Gasteiger partial charge < -0.3 is 29.9 Å². The maximum absolute atomic E-state index is 15.4. The van der Waals surface area contributed by atoms with E-state index in [-0.39, 0.29) is 49.1 Å². The zero-order valence-electron chi connectivity index (χ0n) is 28.5. The second kappa shape index (κ2) is 18.6. The quantitative estimate of drug-likeness (QED) is 0.148. The van der Waals surface area contributed by atoms with Gasteiger partial charge in [0.15, 0.2) is 6.29 Å². The number of amides is 1. The summed E-state index contributed by atoms with van der Waals surface area (Å²) >= 11 is 0. The molecule has 0 aromatic carbocycles. The molecule has 1 unspecified atom stereocenters. The first-order valence-corrected chi connectivity index (χ1v) is 15.3. The Hall–Kier alpha value is -3.45. The number of likely N-dealkylation sites (N-methyl/N-ethyl adjacent to an activating group) is 1. The highest BCUT2D eigenvalue weighted by atomic mass is 19.3. The van der Waals surface area contributed by atoms with Crippen LogP contribution in [0.15, 0.2) is 87.5 Å². The fraction of sp³-hybridized carbons (Fsp3) is 0.529. The highest BCUT2D eigenvalue weighted by Crippen LogP contribution is 2.35. The summed E-state index contributed by atoms with van der Waals surface area (Å²) in [4.78, 5) is 21.6. The molecule has 46 heavy (non-hydrogen) atoms. The van der Waals surface area contributed by atoms with Crippen molar-refractivity contribution in [1.29, 1.82) is 0 Å². The number of alkyl halides is 2. The summed E-state index contributed by atoms with van der Waals surface area (Å²) in [5.41, 5.74) is 3.46. The summed E-state index contributed by atoms with van der Waals surface area (Å²) in [6.07, 6.45) is 9.42. The van der Waals surface area contributed by atoms with Crippen LogP contribution in [0.4, 0.5) is 13.2 Å². The van der Waals surface area contributed by atoms with E-state index in [4.69, 9.17) is 9.47 Å². The van der Waals surface area contributed by atoms with Gasteiger partial charge in [0.2, 0.25) is 0 Å². The molecule has 3 N–H and O–H groups in total. The molecule has 0 aromatic heterocycles. The lowest BCUT2D eigenvalue weighted by atomic mass is 9.91. The monoisotopic (exact) mass is 648 g/mol. The number of aliphatic imine (C=N–C) groups is 1. The van der Waals surface area contributed by atoms with Crippen molar-refractivity contribution in [2.24, 2.45) is 4.99 Å². The van der Waals surface area contributed by atoms with Crippen molar-refractivity contribution in [2.45, 2.75) is 51.9 Å². The molecule has 0 fully saturated rings. The van der Waals surface area contributed by atoms with E-state index in [1.807, 2.05) is 63.0 Å². The summed E-state index contributed by atoms with van der Waals surface area (Å²) in [6, 6.07) is -0.318. The van der Waals surface area contributed by atoms with E-state index >= 15 is 4.39 Å². The van der Waals surface area contributed by atoms with Gasteiger partial charge in [-0.2, -0.15) is 0 Å². The molecule has 9 nitrogen and oxygen atoms in total. The molecule has 0 aromatic rings. The number of nitrogens with zero attached hydrogens (tertiary/aromatic N) is 3. The molecule has 0 bridgehead atoms. The van der Waals surface area contributed by atoms with E-state index in [1.165, 1.54) is 32.6 Å². The Balaban J connectivity index is 2.27. The van der Waals surface area contributed by atoms with Crippen molar-refractivity contribution < 1.29 is 27.4 Å². The summed E-state index contributed by atoms with van der Waals surface area (Å²) in [5.74, 6) is -4.50. The Kier molecular flexibility index (Phi) is 15.7. The highest BCUT2D eigenvalue weighted by Gasteiger charge is 2.35. The van der Waals surface area contributed by atoms with Gasteiger partial charge in [-0.3, -0.25) is 10.1 Å². The second-order valence-electron chi connectivity index (χ2n) is 11.7. The lowest BCUT2D eigenvalue weighted by Crippen LogP contribution is -2.43. The minimum absolute atomic E-state index is 0.0297. The highest BCUT2D eigenvalue weighted by molar-refractivity contribution is 6.04. The van der Waals surface area contributed by atoms with Gasteiger partial charge in [-0.1, -0.05) is 24.8 Å². The molecule has 1 amide bonds. The van der Waals surface area contributed by atoms with Gasteiger partial charge in [0.1, 0.15) is 5.83 Å². The van der Waals surface area contributed by atoms with E-state index in [0.717, 1.165) is 29.3 Å². The standard InChI is InChI=1S/C34H51F3N6O3/c1-10-11-12-25(31-23(2)21-43(7)24(31)3)19-30-28(34(4,36)37)20-39-33(41-30)38-16-13-29(35)27(15-18-45-8)32(44)40-26(22-46-9)14-17-42(5)6/h10-13,15,20,26,33,38-39H,3,14,16-19,21-22H2,1-2,4-9H3,(H,40,44)/b11-10-,25-12-,27-15+,29-13+/t26-,33?/m1/s1. The molecule has 256 valence electrons. The van der Waals surface area contributed by atoms with Crippen molar-refractivity contribution in [3.8, 4) is 0 Å². The number of ether oxygens (including phenoxy) is 2. The van der Waals surface area contributed by atoms with Crippen LogP contribution in [-0.2, 0) is 14.3 Å². The number of hydrogen-bond acceptors (Lipinski definition) is 8. The number of carbonyl (C=O) groups excluding carboxylic acids is 1. The molecule has 0 spiro atoms. The average molecular weight is 649 g/mol. The molecular weight excluding hydrogens is 597 g/mol. The van der Waals surface area contributed by atoms with Crippen LogP contribution in [0.2, 0.25) is 0 Å². The number of carbonyl (C=O) groups is 1. The van der Waals surface area contributed by atoms with Gasteiger partial charge in [0.25, 0.3) is 11.8 Å². The van der Waals surface area contributed by atoms with Crippen LogP contribution in [0.25, 0.3) is 0 Å². The predicted octanol–water partition coefficient (Wildman–Crippen LogP) is 4.62. The van der Waals surface area contributed by atoms with Crippen molar-refractivity contribution in [2.75, 3.05) is 68.2 Å². The van der Waals surface area contributed by atoms with E-state index < -0.39 is 23.9 Å². The van der Waals surface area contributed by atoms with Crippen LogP contribution in [0.5, 0.6) is 0 Å². The SMILES string of the molecule is C=C1C(/C(=C\C=C/C)CC2=NC(NC/C=C(F)\C(=C/COC)C(=O)N[C@H](CCN(C)C)COC)NC=C2C(C)(F)F)=C(C)CN1C. The van der Waals surface area contributed by atoms with Crippen LogP contribution in [-0.4, -0.2) is 108 Å². The smallest absolute Gasteiger partial charge is 0.273 e. The van der Waals surface area contributed by atoms with E-state index in [0.29, 0.717) is 19.5 Å². The van der Waals surface area contributed by atoms with Gasteiger partial charge >= 0.3 is 0 Å². The molecule has 0 radical (unpaired) electrons. The topological polar surface area (TPSA) is 90.5 Å². The Labute approximate surface area is 272 Å². The molecule has 2 rings (SSSR count). The van der Waals surface area contributed by atoms with Crippen LogP contribution < -0.4 is 16.0 Å². The van der Waals surface area contributed by atoms with Crippen LogP contribution in [0, 0.1) is 0 Å². The first kappa shape index (κ1) is 38.7. The van der Waals surface area contributed by atoms with Gasteiger partial charge in [-0.05, 0) is 64.2 Å². The Bertz CT molecular complexity index is 1290. The summed E-state index contributed by atoms with van der Waals surface area (Å²) in [6.45, 7) is 10.6. The third-order valence-electron chi connectivity index (χ3n) is 7.45. The number of rotatable bonds is 18. The third kappa shape index (κ3) is 11.7. The lowest BCUT2D eigenvalue weighted by molar-refractivity contribution is -0.118. The van der Waals surface area contributed by atoms with E-state index in [1.54, 1.807) is 0 Å². The summed E-state index contributed by atoms with van der Waals surface area (Å²) in [5, 5.41) is 8.70. The first-order valence-electron chi connectivity index (χ1n) is 15.3. The lowest BCUT2D eigenvalue weighted by Gasteiger charge is -2.27. The molecule has 2 aliphatic rings. The molecular formula is C34H51F3N6O3. The molecule has 2 aliphatic heterocycles. The van der Waals surface area contributed by atoms with Gasteiger partial charge in [-0.15, -0.1) is 0 Å². The predicted molar refractivity (Wildman–Crippen MR) is 179 cm³/mol. The minimum atomic E-state index is -3.15. The van der Waals surface area contributed by atoms with Crippen LogP contribution in [0.3, 0.4) is 0 Å². The average Bonchev–Trinajstić information content (AvgIpc) is 3.23. The van der Waals surface area contributed by atoms with E-state index in [2.05, 4.69) is 27.5 Å². The zero-order valence-corrected chi connectivity index (χ0v) is 28.5.